The molecule has 106 valence electrons. The van der Waals surface area contributed by atoms with Crippen molar-refractivity contribution < 1.29 is 15.0 Å². The second-order valence-corrected chi connectivity index (χ2v) is 4.55. The van der Waals surface area contributed by atoms with Crippen molar-refractivity contribution in [1.29, 1.82) is 0 Å². The summed E-state index contributed by atoms with van der Waals surface area (Å²) in [5, 5.41) is 25.0. The number of phenols is 2. The Bertz CT molecular complexity index is 435. The van der Waals surface area contributed by atoms with Gasteiger partial charge < -0.3 is 25.7 Å². The van der Waals surface area contributed by atoms with Gasteiger partial charge in [-0.1, -0.05) is 0 Å². The fraction of sp³-hybridized carbons (Fsp3) is 0.462. The summed E-state index contributed by atoms with van der Waals surface area (Å²) in [5.74, 6) is 0.248. The van der Waals surface area contributed by atoms with Crippen molar-refractivity contribution in [1.82, 2.24) is 15.5 Å². The Balaban J connectivity index is 2.41. The van der Waals surface area contributed by atoms with E-state index in [1.807, 2.05) is 6.92 Å². The zero-order valence-corrected chi connectivity index (χ0v) is 11.5. The molecule has 1 aromatic carbocycles. The molecule has 0 saturated carbocycles. The SMILES string of the molecule is CC(NCCNC(=O)N(C)C)c1cc(O)ccc1O. The van der Waals surface area contributed by atoms with Crippen LogP contribution in [0.15, 0.2) is 18.2 Å². The first-order valence-corrected chi connectivity index (χ1v) is 6.12. The van der Waals surface area contributed by atoms with Crippen molar-refractivity contribution in [2.75, 3.05) is 27.2 Å². The van der Waals surface area contributed by atoms with E-state index in [9.17, 15) is 15.0 Å². The predicted molar refractivity (Wildman–Crippen MR) is 73.3 cm³/mol. The van der Waals surface area contributed by atoms with Crippen molar-refractivity contribution >= 4 is 6.03 Å². The van der Waals surface area contributed by atoms with Crippen LogP contribution in [-0.2, 0) is 0 Å². The maximum atomic E-state index is 11.3. The molecule has 6 heteroatoms. The summed E-state index contributed by atoms with van der Waals surface area (Å²) in [5.41, 5.74) is 0.624. The zero-order chi connectivity index (χ0) is 14.4. The van der Waals surface area contributed by atoms with Crippen molar-refractivity contribution in [2.24, 2.45) is 0 Å². The molecule has 6 nitrogen and oxygen atoms in total. The minimum absolute atomic E-state index is 0.113. The third kappa shape index (κ3) is 4.67. The lowest BCUT2D eigenvalue weighted by Gasteiger charge is -2.17. The molecule has 1 rings (SSSR count). The molecule has 0 saturated heterocycles. The Hall–Kier alpha value is -1.95. The topological polar surface area (TPSA) is 84.8 Å². The van der Waals surface area contributed by atoms with E-state index in [4.69, 9.17) is 0 Å². The molecule has 2 amide bonds. The lowest BCUT2D eigenvalue weighted by atomic mass is 10.1. The Morgan fingerprint density at radius 3 is 2.63 bits per heavy atom. The van der Waals surface area contributed by atoms with Crippen LogP contribution in [0.1, 0.15) is 18.5 Å². The van der Waals surface area contributed by atoms with E-state index in [0.717, 1.165) is 0 Å². The van der Waals surface area contributed by atoms with Gasteiger partial charge in [-0.05, 0) is 25.1 Å². The van der Waals surface area contributed by atoms with Gasteiger partial charge in [0, 0.05) is 38.8 Å². The molecule has 0 aromatic heterocycles. The number of rotatable bonds is 5. The number of nitrogens with one attached hydrogen (secondary N) is 2. The van der Waals surface area contributed by atoms with Crippen molar-refractivity contribution in [3.63, 3.8) is 0 Å². The highest BCUT2D eigenvalue weighted by molar-refractivity contribution is 5.73. The van der Waals surface area contributed by atoms with Crippen LogP contribution < -0.4 is 10.6 Å². The van der Waals surface area contributed by atoms with Crippen LogP contribution in [0.5, 0.6) is 11.5 Å². The molecule has 1 aromatic rings. The van der Waals surface area contributed by atoms with E-state index in [2.05, 4.69) is 10.6 Å². The normalized spacial score (nSPS) is 11.9. The Morgan fingerprint density at radius 1 is 1.32 bits per heavy atom. The lowest BCUT2D eigenvalue weighted by molar-refractivity contribution is 0.217. The van der Waals surface area contributed by atoms with Gasteiger partial charge in [0.25, 0.3) is 0 Å². The van der Waals surface area contributed by atoms with Gasteiger partial charge in [-0.2, -0.15) is 0 Å². The first-order chi connectivity index (χ1) is 8.91. The van der Waals surface area contributed by atoms with Crippen LogP contribution >= 0.6 is 0 Å². The van der Waals surface area contributed by atoms with Crippen LogP contribution in [-0.4, -0.2) is 48.3 Å². The molecule has 0 spiro atoms. The number of hydrogen-bond acceptors (Lipinski definition) is 4. The molecule has 0 fully saturated rings. The van der Waals surface area contributed by atoms with Crippen molar-refractivity contribution in [3.8, 4) is 11.5 Å². The van der Waals surface area contributed by atoms with Gasteiger partial charge in [0.05, 0.1) is 0 Å². The van der Waals surface area contributed by atoms with Gasteiger partial charge in [-0.15, -0.1) is 0 Å². The molecule has 19 heavy (non-hydrogen) atoms. The number of aromatic hydroxyl groups is 2. The third-order valence-electron chi connectivity index (χ3n) is 2.74. The van der Waals surface area contributed by atoms with Gasteiger partial charge in [-0.3, -0.25) is 0 Å². The number of nitrogens with zero attached hydrogens (tertiary/aromatic N) is 1. The molecular weight excluding hydrogens is 246 g/mol. The quantitative estimate of drug-likeness (QED) is 0.474. The molecule has 0 aliphatic carbocycles. The number of hydrogen-bond donors (Lipinski definition) is 4. The summed E-state index contributed by atoms with van der Waals surface area (Å²) < 4.78 is 0. The van der Waals surface area contributed by atoms with Gasteiger partial charge >= 0.3 is 6.03 Å². The smallest absolute Gasteiger partial charge is 0.316 e. The summed E-state index contributed by atoms with van der Waals surface area (Å²) in [7, 11) is 3.35. The van der Waals surface area contributed by atoms with Crippen LogP contribution in [0.2, 0.25) is 0 Å². The highest BCUT2D eigenvalue weighted by atomic mass is 16.3. The van der Waals surface area contributed by atoms with Crippen LogP contribution in [0, 0.1) is 0 Å². The summed E-state index contributed by atoms with van der Waals surface area (Å²) in [6, 6.07) is 4.14. The molecule has 0 aliphatic heterocycles. The first kappa shape index (κ1) is 15.1. The Kier molecular flexibility index (Phi) is 5.44. The summed E-state index contributed by atoms with van der Waals surface area (Å²) in [4.78, 5) is 12.7. The number of benzene rings is 1. The van der Waals surface area contributed by atoms with E-state index in [0.29, 0.717) is 18.7 Å². The van der Waals surface area contributed by atoms with Crippen molar-refractivity contribution in [2.45, 2.75) is 13.0 Å². The number of carbonyl (C=O) groups excluding carboxylic acids is 1. The molecular formula is C13H21N3O3. The number of phenolic OH excluding ortho intramolecular Hbond substituents is 2. The minimum Gasteiger partial charge on any atom is -0.508 e. The van der Waals surface area contributed by atoms with E-state index in [1.165, 1.54) is 23.1 Å². The molecule has 4 N–H and O–H groups in total. The Labute approximate surface area is 113 Å². The lowest BCUT2D eigenvalue weighted by Crippen LogP contribution is -2.38. The molecule has 0 aliphatic rings. The van der Waals surface area contributed by atoms with Gasteiger partial charge in [-0.25, -0.2) is 4.79 Å². The van der Waals surface area contributed by atoms with Crippen LogP contribution in [0.25, 0.3) is 0 Å². The standard InChI is InChI=1S/C13H21N3O3/c1-9(11-8-10(17)4-5-12(11)18)14-6-7-15-13(19)16(2)3/h4-5,8-9,14,17-18H,6-7H2,1-3H3,(H,15,19). The fourth-order valence-electron chi connectivity index (χ4n) is 1.61. The summed E-state index contributed by atoms with van der Waals surface area (Å²) >= 11 is 0. The number of carbonyl (C=O) groups is 1. The van der Waals surface area contributed by atoms with Gasteiger partial charge in [0.2, 0.25) is 0 Å². The summed E-state index contributed by atoms with van der Waals surface area (Å²) in [6.07, 6.45) is 0. The fourth-order valence-corrected chi connectivity index (χ4v) is 1.61. The first-order valence-electron chi connectivity index (χ1n) is 6.12. The van der Waals surface area contributed by atoms with E-state index in [-0.39, 0.29) is 23.6 Å². The molecule has 1 atom stereocenters. The van der Waals surface area contributed by atoms with Crippen molar-refractivity contribution in [3.05, 3.63) is 23.8 Å². The molecule has 0 radical (unpaired) electrons. The highest BCUT2D eigenvalue weighted by Gasteiger charge is 2.10. The molecule has 0 heterocycles. The minimum atomic E-state index is -0.144. The number of urea groups is 1. The second kappa shape index (κ2) is 6.84. The largest absolute Gasteiger partial charge is 0.508 e. The maximum absolute atomic E-state index is 11.3. The van der Waals surface area contributed by atoms with E-state index < -0.39 is 0 Å². The molecule has 0 bridgehead atoms. The summed E-state index contributed by atoms with van der Waals surface area (Å²) in [6.45, 7) is 2.93. The Morgan fingerprint density at radius 2 is 2.00 bits per heavy atom. The number of amides is 2. The third-order valence-corrected chi connectivity index (χ3v) is 2.74. The van der Waals surface area contributed by atoms with E-state index >= 15 is 0 Å². The van der Waals surface area contributed by atoms with Gasteiger partial charge in [0.1, 0.15) is 11.5 Å². The molecule has 1 unspecified atom stereocenters. The monoisotopic (exact) mass is 267 g/mol. The second-order valence-electron chi connectivity index (χ2n) is 4.55. The van der Waals surface area contributed by atoms with Crippen LogP contribution in [0.3, 0.4) is 0 Å². The van der Waals surface area contributed by atoms with E-state index in [1.54, 1.807) is 14.1 Å². The zero-order valence-electron chi connectivity index (χ0n) is 11.5. The average Bonchev–Trinajstić information content (AvgIpc) is 2.36. The highest BCUT2D eigenvalue weighted by Crippen LogP contribution is 2.27. The average molecular weight is 267 g/mol. The maximum Gasteiger partial charge on any atom is 0.316 e. The van der Waals surface area contributed by atoms with Crippen LogP contribution in [0.4, 0.5) is 4.79 Å². The van der Waals surface area contributed by atoms with Gasteiger partial charge in [0.15, 0.2) is 0 Å². The predicted octanol–water partition coefficient (Wildman–Crippen LogP) is 1.02.